The van der Waals surface area contributed by atoms with E-state index in [0.717, 1.165) is 39.1 Å². The lowest BCUT2D eigenvalue weighted by Gasteiger charge is -2.24. The monoisotopic (exact) mass is 232 g/mol. The second-order valence-corrected chi connectivity index (χ2v) is 4.18. The van der Waals surface area contributed by atoms with E-state index in [0.29, 0.717) is 6.54 Å². The van der Waals surface area contributed by atoms with Crippen LogP contribution in [0.5, 0.6) is 0 Å². The quantitative estimate of drug-likeness (QED) is 0.754. The lowest BCUT2D eigenvalue weighted by molar-refractivity contribution is 0.0404. The largest absolute Gasteiger partial charge is 0.389 e. The van der Waals surface area contributed by atoms with E-state index in [4.69, 9.17) is 10.5 Å². The Bertz CT molecular complexity index is 147. The van der Waals surface area contributed by atoms with Gasteiger partial charge in [0, 0.05) is 19.6 Å². The van der Waals surface area contributed by atoms with Crippen LogP contribution in [-0.4, -0.2) is 55.0 Å². The Morgan fingerprint density at radius 2 is 1.69 bits per heavy atom. The average Bonchev–Trinajstić information content (AvgIpc) is 2.39. The molecule has 0 atom stereocenters. The molecule has 0 saturated carbocycles. The van der Waals surface area contributed by atoms with Crippen molar-refractivity contribution in [1.29, 1.82) is 0 Å². The van der Waals surface area contributed by atoms with Gasteiger partial charge in [-0.25, -0.2) is 0 Å². The van der Waals surface area contributed by atoms with Crippen molar-refractivity contribution in [2.75, 3.05) is 39.4 Å². The van der Waals surface area contributed by atoms with Crippen molar-refractivity contribution < 1.29 is 9.84 Å². The van der Waals surface area contributed by atoms with Crippen LogP contribution < -0.4 is 5.73 Å². The molecule has 0 bridgehead atoms. The zero-order chi connectivity index (χ0) is 12.4. The van der Waals surface area contributed by atoms with Crippen molar-refractivity contribution in [3.63, 3.8) is 0 Å². The molecule has 3 N–H and O–H groups in total. The van der Waals surface area contributed by atoms with Crippen LogP contribution in [0.25, 0.3) is 0 Å². The molecule has 1 aliphatic heterocycles. The van der Waals surface area contributed by atoms with Crippen LogP contribution in [0.4, 0.5) is 0 Å². The number of nitrogens with zero attached hydrogens (tertiary/aromatic N) is 1. The Morgan fingerprint density at radius 1 is 1.19 bits per heavy atom. The Morgan fingerprint density at radius 3 is 1.88 bits per heavy atom. The van der Waals surface area contributed by atoms with Crippen LogP contribution in [0.15, 0.2) is 0 Å². The summed E-state index contributed by atoms with van der Waals surface area (Å²) in [6.45, 7) is 11.7. The maximum Gasteiger partial charge on any atom is 0.0764 e. The minimum atomic E-state index is -0.597. The predicted molar refractivity (Wildman–Crippen MR) is 67.5 cm³/mol. The maximum absolute atomic E-state index is 9.31. The van der Waals surface area contributed by atoms with Crippen molar-refractivity contribution >= 4 is 0 Å². The molecule has 1 saturated heterocycles. The fraction of sp³-hybridized carbons (Fsp3) is 1.00. The first kappa shape index (κ1) is 15.8. The van der Waals surface area contributed by atoms with E-state index in [9.17, 15) is 5.11 Å². The molecule has 98 valence electrons. The molecule has 0 unspecified atom stereocenters. The fourth-order valence-corrected chi connectivity index (χ4v) is 1.46. The van der Waals surface area contributed by atoms with Crippen LogP contribution in [0.2, 0.25) is 0 Å². The second kappa shape index (κ2) is 8.93. The van der Waals surface area contributed by atoms with Gasteiger partial charge in [-0.05, 0) is 19.4 Å². The Hall–Kier alpha value is -0.160. The van der Waals surface area contributed by atoms with E-state index in [1.165, 1.54) is 6.54 Å². The number of likely N-dealkylation sites (N-methyl/N-ethyl adjacent to an activating group) is 1. The molecule has 0 radical (unpaired) electrons. The summed E-state index contributed by atoms with van der Waals surface area (Å²) in [4.78, 5) is 2.39. The molecule has 1 rings (SSSR count). The van der Waals surface area contributed by atoms with Crippen molar-refractivity contribution in [1.82, 2.24) is 4.90 Å². The summed E-state index contributed by atoms with van der Waals surface area (Å²) in [5, 5.41) is 9.31. The highest BCUT2D eigenvalue weighted by molar-refractivity contribution is 4.74. The van der Waals surface area contributed by atoms with Gasteiger partial charge < -0.3 is 15.6 Å². The van der Waals surface area contributed by atoms with Gasteiger partial charge in [0.2, 0.25) is 0 Å². The van der Waals surface area contributed by atoms with Crippen LogP contribution in [0, 0.1) is 0 Å². The van der Waals surface area contributed by atoms with E-state index < -0.39 is 5.60 Å². The third-order valence-corrected chi connectivity index (χ3v) is 3.25. The minimum Gasteiger partial charge on any atom is -0.389 e. The van der Waals surface area contributed by atoms with Crippen LogP contribution in [0.3, 0.4) is 0 Å². The normalized spacial score (nSPS) is 17.8. The van der Waals surface area contributed by atoms with Gasteiger partial charge in [-0.3, -0.25) is 4.90 Å². The van der Waals surface area contributed by atoms with Gasteiger partial charge in [0.25, 0.3) is 0 Å². The molecule has 0 amide bonds. The van der Waals surface area contributed by atoms with Crippen molar-refractivity contribution in [3.8, 4) is 0 Å². The SMILES string of the molecule is CCC(O)(CC)CN.CCN1CCOCC1. The van der Waals surface area contributed by atoms with E-state index >= 15 is 0 Å². The van der Waals surface area contributed by atoms with E-state index in [1.54, 1.807) is 0 Å². The fourth-order valence-electron chi connectivity index (χ4n) is 1.46. The Labute approximate surface area is 99.8 Å². The van der Waals surface area contributed by atoms with Gasteiger partial charge in [0.1, 0.15) is 0 Å². The van der Waals surface area contributed by atoms with Gasteiger partial charge in [0.15, 0.2) is 0 Å². The molecule has 4 heteroatoms. The molecule has 16 heavy (non-hydrogen) atoms. The topological polar surface area (TPSA) is 58.7 Å². The summed E-state index contributed by atoms with van der Waals surface area (Å²) < 4.78 is 5.16. The molecule has 0 aromatic rings. The van der Waals surface area contributed by atoms with Gasteiger partial charge >= 0.3 is 0 Å². The number of nitrogens with two attached hydrogens (primary N) is 1. The lowest BCUT2D eigenvalue weighted by atomic mass is 9.98. The number of ether oxygens (including phenoxy) is 1. The van der Waals surface area contributed by atoms with Gasteiger partial charge in [-0.2, -0.15) is 0 Å². The van der Waals surface area contributed by atoms with Crippen molar-refractivity contribution in [3.05, 3.63) is 0 Å². The number of rotatable bonds is 4. The molecule has 0 aromatic carbocycles. The Kier molecular flexibility index (Phi) is 8.84. The first-order valence-corrected chi connectivity index (χ1v) is 6.34. The lowest BCUT2D eigenvalue weighted by Crippen LogP contribution is -2.35. The summed E-state index contributed by atoms with van der Waals surface area (Å²) in [5.41, 5.74) is 4.68. The maximum atomic E-state index is 9.31. The highest BCUT2D eigenvalue weighted by Gasteiger charge is 2.18. The third-order valence-electron chi connectivity index (χ3n) is 3.25. The van der Waals surface area contributed by atoms with Crippen LogP contribution in [-0.2, 0) is 4.74 Å². The predicted octanol–water partition coefficient (Wildman–Crippen LogP) is 0.835. The van der Waals surface area contributed by atoms with Gasteiger partial charge in [0.05, 0.1) is 18.8 Å². The zero-order valence-corrected chi connectivity index (χ0v) is 11.0. The second-order valence-electron chi connectivity index (χ2n) is 4.18. The van der Waals surface area contributed by atoms with Crippen LogP contribution in [0.1, 0.15) is 33.6 Å². The van der Waals surface area contributed by atoms with E-state index in [1.807, 2.05) is 13.8 Å². The summed E-state index contributed by atoms with van der Waals surface area (Å²) in [6, 6.07) is 0. The van der Waals surface area contributed by atoms with Crippen molar-refractivity contribution in [2.24, 2.45) is 5.73 Å². The molecule has 4 nitrogen and oxygen atoms in total. The number of aliphatic hydroxyl groups is 1. The standard InChI is InChI=1S/C6H13NO.C6H15NO/c1-2-7-3-5-8-6-4-7;1-3-6(8,4-2)5-7/h2-6H2,1H3;8H,3-5,7H2,1-2H3. The van der Waals surface area contributed by atoms with E-state index in [2.05, 4.69) is 11.8 Å². The summed E-state index contributed by atoms with van der Waals surface area (Å²) in [5.74, 6) is 0. The summed E-state index contributed by atoms with van der Waals surface area (Å²) >= 11 is 0. The summed E-state index contributed by atoms with van der Waals surface area (Å²) in [6.07, 6.45) is 1.50. The van der Waals surface area contributed by atoms with Gasteiger partial charge in [-0.1, -0.05) is 20.8 Å². The smallest absolute Gasteiger partial charge is 0.0764 e. The first-order valence-electron chi connectivity index (χ1n) is 6.34. The van der Waals surface area contributed by atoms with Crippen molar-refractivity contribution in [2.45, 2.75) is 39.2 Å². The molecule has 1 fully saturated rings. The molecule has 0 aromatic heterocycles. The molecule has 1 heterocycles. The Balaban J connectivity index is 0.000000281. The zero-order valence-electron chi connectivity index (χ0n) is 11.0. The third kappa shape index (κ3) is 6.43. The van der Waals surface area contributed by atoms with Gasteiger partial charge in [-0.15, -0.1) is 0 Å². The highest BCUT2D eigenvalue weighted by atomic mass is 16.5. The number of morpholine rings is 1. The minimum absolute atomic E-state index is 0.375. The van der Waals surface area contributed by atoms with Crippen LogP contribution >= 0.6 is 0 Å². The first-order chi connectivity index (χ1) is 7.61. The molecular weight excluding hydrogens is 204 g/mol. The average molecular weight is 232 g/mol. The molecule has 0 spiro atoms. The molecule has 0 aliphatic carbocycles. The van der Waals surface area contributed by atoms with E-state index in [-0.39, 0.29) is 0 Å². The molecular formula is C12H28N2O2. The summed E-state index contributed by atoms with van der Waals surface area (Å²) in [7, 11) is 0. The number of hydrogen-bond acceptors (Lipinski definition) is 4. The highest BCUT2D eigenvalue weighted by Crippen LogP contribution is 2.10. The number of hydrogen-bond donors (Lipinski definition) is 2. The molecule has 1 aliphatic rings.